The van der Waals surface area contributed by atoms with E-state index in [4.69, 9.17) is 14.9 Å². The number of hydrogen-bond acceptors (Lipinski definition) is 6. The summed E-state index contributed by atoms with van der Waals surface area (Å²) in [5.74, 6) is 1.36. The summed E-state index contributed by atoms with van der Waals surface area (Å²) in [7, 11) is 1.00. The van der Waals surface area contributed by atoms with E-state index in [-0.39, 0.29) is 0 Å². The van der Waals surface area contributed by atoms with Crippen LogP contribution in [0.15, 0.2) is 42.5 Å². The molecule has 1 fully saturated rings. The van der Waals surface area contributed by atoms with Crippen LogP contribution in [0, 0.1) is 5.92 Å². The van der Waals surface area contributed by atoms with Crippen LogP contribution in [0.4, 0.5) is 5.69 Å². The molecule has 1 aliphatic carbocycles. The van der Waals surface area contributed by atoms with Crippen LogP contribution >= 0.6 is 0 Å². The van der Waals surface area contributed by atoms with Crippen molar-refractivity contribution in [1.82, 2.24) is 9.97 Å². The summed E-state index contributed by atoms with van der Waals surface area (Å²) in [6.07, 6.45) is 9.93. The van der Waals surface area contributed by atoms with Crippen LogP contribution in [0.5, 0.6) is 0 Å². The minimum atomic E-state index is 0.406. The largest absolute Gasteiger partial charge is 0.400 e. The molecule has 0 saturated heterocycles. The van der Waals surface area contributed by atoms with E-state index in [9.17, 15) is 9.59 Å². The normalized spacial score (nSPS) is 15.4. The van der Waals surface area contributed by atoms with Crippen LogP contribution in [-0.2, 0) is 27.3 Å². The molecule has 0 radical (unpaired) electrons. The second kappa shape index (κ2) is 12.7. The Morgan fingerprint density at radius 1 is 1.06 bits per heavy atom. The molecule has 1 aromatic heterocycles. The Hall–Kier alpha value is -3.19. The first-order valence-electron chi connectivity index (χ1n) is 11.6. The van der Waals surface area contributed by atoms with Crippen molar-refractivity contribution < 1.29 is 19.5 Å². The number of anilines is 1. The number of imidazole rings is 1. The van der Waals surface area contributed by atoms with E-state index < -0.39 is 0 Å². The molecule has 2 aliphatic rings. The number of fused-ring (bicyclic) bond motifs is 3. The molecule has 2 heterocycles. The number of aliphatic hydroxyl groups is 1. The van der Waals surface area contributed by atoms with Gasteiger partial charge in [0, 0.05) is 25.0 Å². The van der Waals surface area contributed by atoms with Gasteiger partial charge >= 0.3 is 6.47 Å². The van der Waals surface area contributed by atoms with Gasteiger partial charge < -0.3 is 19.7 Å². The first kappa shape index (κ1) is 24.5. The number of aldehydes is 1. The maximum absolute atomic E-state index is 10.7. The van der Waals surface area contributed by atoms with Crippen molar-refractivity contribution in [3.8, 4) is 0 Å². The fourth-order valence-electron chi connectivity index (χ4n) is 4.48. The van der Waals surface area contributed by atoms with Crippen molar-refractivity contribution in [3.63, 3.8) is 0 Å². The maximum atomic E-state index is 10.7. The van der Waals surface area contributed by atoms with Gasteiger partial charge in [-0.15, -0.1) is 0 Å². The highest BCUT2D eigenvalue weighted by molar-refractivity contribution is 5.85. The Balaban J connectivity index is 0.000000258. The number of aromatic nitrogens is 2. The average molecular weight is 452 g/mol. The fraction of sp³-hybridized carbons (Fsp3) is 0.423. The number of carbonyl (C=O) groups excluding carboxylic acids is 2. The van der Waals surface area contributed by atoms with Crippen molar-refractivity contribution in [2.75, 3.05) is 18.7 Å². The number of aromatic amines is 1. The lowest BCUT2D eigenvalue weighted by atomic mass is 9.91. The third-order valence-corrected chi connectivity index (χ3v) is 6.07. The molecule has 0 unspecified atom stereocenters. The molecule has 0 atom stereocenters. The minimum absolute atomic E-state index is 0.406. The Kier molecular flexibility index (Phi) is 9.44. The van der Waals surface area contributed by atoms with E-state index in [0.29, 0.717) is 12.4 Å². The Labute approximate surface area is 194 Å². The number of rotatable bonds is 5. The molecule has 7 heteroatoms. The zero-order valence-electron chi connectivity index (χ0n) is 19.2. The number of carbonyl (C=O) groups is 2. The van der Waals surface area contributed by atoms with Crippen LogP contribution in [-0.4, -0.2) is 41.5 Å². The molecule has 7 nitrogen and oxygen atoms in total. The van der Waals surface area contributed by atoms with E-state index in [1.54, 1.807) is 5.06 Å². The molecule has 0 spiro atoms. The van der Waals surface area contributed by atoms with Gasteiger partial charge in [-0.2, -0.15) is 0 Å². The summed E-state index contributed by atoms with van der Waals surface area (Å²) >= 11 is 0. The lowest BCUT2D eigenvalue weighted by Crippen LogP contribution is -2.29. The smallest absolute Gasteiger partial charge is 0.320 e. The number of H-pyrrole nitrogens is 1. The number of nitrogens with one attached hydrogen (secondary N) is 1. The molecule has 1 aliphatic heterocycles. The van der Waals surface area contributed by atoms with Gasteiger partial charge in [-0.1, -0.05) is 49.6 Å². The molecule has 3 aromatic rings. The summed E-state index contributed by atoms with van der Waals surface area (Å²) in [5, 5.41) is 8.65. The lowest BCUT2D eigenvalue weighted by molar-refractivity contribution is -0.130. The van der Waals surface area contributed by atoms with Gasteiger partial charge in [-0.05, 0) is 43.4 Å². The zero-order valence-corrected chi connectivity index (χ0v) is 19.2. The summed E-state index contributed by atoms with van der Waals surface area (Å²) in [6.45, 7) is 1.20. The highest BCUT2D eigenvalue weighted by atomic mass is 16.7. The van der Waals surface area contributed by atoms with Crippen molar-refractivity contribution in [1.29, 1.82) is 0 Å². The van der Waals surface area contributed by atoms with Crippen molar-refractivity contribution >= 4 is 29.5 Å². The Morgan fingerprint density at radius 3 is 2.48 bits per heavy atom. The highest BCUT2D eigenvalue weighted by Crippen LogP contribution is 2.32. The Bertz CT molecular complexity index is 1010. The second-order valence-corrected chi connectivity index (χ2v) is 8.25. The van der Waals surface area contributed by atoms with Crippen LogP contribution in [0.2, 0.25) is 0 Å². The Morgan fingerprint density at radius 2 is 1.82 bits per heavy atom. The number of hydrogen-bond donors (Lipinski definition) is 2. The van der Waals surface area contributed by atoms with Crippen LogP contribution in [0.25, 0.3) is 11.0 Å². The number of aryl methyl sites for hydroxylation is 1. The monoisotopic (exact) mass is 451 g/mol. The highest BCUT2D eigenvalue weighted by Gasteiger charge is 2.22. The number of hydroxylamine groups is 1. The molecule has 1 saturated carbocycles. The van der Waals surface area contributed by atoms with E-state index in [2.05, 4.69) is 17.1 Å². The van der Waals surface area contributed by atoms with E-state index in [1.807, 2.05) is 30.3 Å². The molecule has 2 aromatic carbocycles. The second-order valence-electron chi connectivity index (χ2n) is 8.25. The van der Waals surface area contributed by atoms with E-state index in [0.717, 1.165) is 80.2 Å². The molecule has 2 N–H and O–H groups in total. The minimum Gasteiger partial charge on any atom is -0.400 e. The van der Waals surface area contributed by atoms with Crippen molar-refractivity contribution in [3.05, 3.63) is 59.4 Å². The predicted octanol–water partition coefficient (Wildman–Crippen LogP) is 4.37. The van der Waals surface area contributed by atoms with E-state index >= 15 is 0 Å². The van der Waals surface area contributed by atoms with Crippen molar-refractivity contribution in [2.24, 2.45) is 5.92 Å². The van der Waals surface area contributed by atoms with Gasteiger partial charge in [0.25, 0.3) is 0 Å². The topological polar surface area (TPSA) is 95.5 Å². The standard InChI is InChI=1S/C18H17N3O2.C7H12O.CH4O/c22-12-23-21-10-4-7-14-16(21)9-8-15-18(14)20-17(19-15)11-13-5-2-1-3-6-13;8-6-7-4-2-1-3-5-7;1-2/h1-3,5-6,8-9,12H,4,7,10-11H2,(H,19,20);6-7H,1-5H2;2H,1H3. The first-order valence-corrected chi connectivity index (χ1v) is 11.6. The number of aliphatic hydroxyl groups excluding tert-OH is 1. The molecule has 0 amide bonds. The lowest BCUT2D eigenvalue weighted by Gasteiger charge is -2.27. The first-order chi connectivity index (χ1) is 16.3. The van der Waals surface area contributed by atoms with Crippen LogP contribution < -0.4 is 5.06 Å². The maximum Gasteiger partial charge on any atom is 0.320 e. The summed E-state index contributed by atoms with van der Waals surface area (Å²) < 4.78 is 0. The molecule has 5 rings (SSSR count). The number of benzene rings is 2. The van der Waals surface area contributed by atoms with Crippen LogP contribution in [0.3, 0.4) is 0 Å². The molecule has 176 valence electrons. The van der Waals surface area contributed by atoms with Gasteiger partial charge in [0.15, 0.2) is 0 Å². The summed E-state index contributed by atoms with van der Waals surface area (Å²) in [6, 6.07) is 14.3. The van der Waals surface area contributed by atoms with Gasteiger partial charge in [0.05, 0.1) is 23.3 Å². The van der Waals surface area contributed by atoms with Gasteiger partial charge in [-0.3, -0.25) is 4.79 Å². The van der Waals surface area contributed by atoms with E-state index in [1.165, 1.54) is 24.8 Å². The summed E-state index contributed by atoms with van der Waals surface area (Å²) in [4.78, 5) is 34.1. The van der Waals surface area contributed by atoms with Crippen molar-refractivity contribution in [2.45, 2.75) is 51.4 Å². The third kappa shape index (κ3) is 6.42. The zero-order chi connectivity index (χ0) is 23.5. The van der Waals surface area contributed by atoms with Gasteiger partial charge in [0.1, 0.15) is 12.1 Å². The third-order valence-electron chi connectivity index (χ3n) is 6.07. The van der Waals surface area contributed by atoms with Gasteiger partial charge in [0.2, 0.25) is 0 Å². The van der Waals surface area contributed by atoms with Gasteiger partial charge in [-0.25, -0.2) is 10.0 Å². The predicted molar refractivity (Wildman–Crippen MR) is 129 cm³/mol. The van der Waals surface area contributed by atoms with Crippen LogP contribution in [0.1, 0.15) is 55.5 Å². The average Bonchev–Trinajstić information content (AvgIpc) is 3.30. The molecule has 33 heavy (non-hydrogen) atoms. The quantitative estimate of drug-likeness (QED) is 0.560. The SMILES string of the molecule is CO.O=CC1CCCCC1.O=CON1CCCc2c1ccc1[nH]c(Cc3ccccc3)nc21. The fourth-order valence-corrected chi connectivity index (χ4v) is 4.48. The number of nitrogens with zero attached hydrogens (tertiary/aromatic N) is 2. The molecular formula is C26H33N3O4. The summed E-state index contributed by atoms with van der Waals surface area (Å²) in [5.41, 5.74) is 5.32. The molecular weight excluding hydrogens is 418 g/mol. The molecule has 0 bridgehead atoms.